The Morgan fingerprint density at radius 1 is 1.30 bits per heavy atom. The van der Waals surface area contributed by atoms with Gasteiger partial charge in [-0.25, -0.2) is 0 Å². The minimum absolute atomic E-state index is 0.0235. The summed E-state index contributed by atoms with van der Waals surface area (Å²) in [5, 5.41) is 2.95. The lowest BCUT2D eigenvalue weighted by Gasteiger charge is -2.14. The monoisotopic (exact) mass is 312 g/mol. The molecule has 1 saturated carbocycles. The van der Waals surface area contributed by atoms with Gasteiger partial charge in [0, 0.05) is 31.3 Å². The van der Waals surface area contributed by atoms with Gasteiger partial charge >= 0.3 is 0 Å². The summed E-state index contributed by atoms with van der Waals surface area (Å²) in [6, 6.07) is 7.63. The van der Waals surface area contributed by atoms with Crippen molar-refractivity contribution in [2.24, 2.45) is 0 Å². The van der Waals surface area contributed by atoms with Crippen LogP contribution in [0.1, 0.15) is 41.6 Å². The van der Waals surface area contributed by atoms with E-state index in [9.17, 15) is 9.59 Å². The topological polar surface area (TPSA) is 49.4 Å². The molecular formula is C19H24N2O2. The van der Waals surface area contributed by atoms with Crippen molar-refractivity contribution in [1.29, 1.82) is 0 Å². The zero-order valence-electron chi connectivity index (χ0n) is 13.6. The van der Waals surface area contributed by atoms with Gasteiger partial charge in [0.25, 0.3) is 5.91 Å². The molecule has 4 nitrogen and oxygen atoms in total. The molecule has 1 aromatic rings. The molecule has 0 spiro atoms. The van der Waals surface area contributed by atoms with Crippen LogP contribution in [-0.4, -0.2) is 36.3 Å². The van der Waals surface area contributed by atoms with Crippen LogP contribution in [0.3, 0.4) is 0 Å². The Bertz CT molecular complexity index is 586. The molecule has 0 bridgehead atoms. The number of amides is 2. The van der Waals surface area contributed by atoms with Gasteiger partial charge in [0.2, 0.25) is 5.91 Å². The van der Waals surface area contributed by atoms with Crippen molar-refractivity contribution in [2.75, 3.05) is 13.6 Å². The number of hydrogen-bond acceptors (Lipinski definition) is 2. The van der Waals surface area contributed by atoms with Gasteiger partial charge in [-0.1, -0.05) is 18.2 Å². The third-order valence-corrected chi connectivity index (χ3v) is 3.78. The minimum Gasteiger partial charge on any atom is -0.349 e. The number of carbonyl (C=O) groups is 2. The highest BCUT2D eigenvalue weighted by atomic mass is 16.2. The summed E-state index contributed by atoms with van der Waals surface area (Å²) in [7, 11) is 1.79. The Balaban J connectivity index is 1.85. The van der Waals surface area contributed by atoms with Gasteiger partial charge in [0.1, 0.15) is 0 Å². The van der Waals surface area contributed by atoms with Gasteiger partial charge in [0.15, 0.2) is 0 Å². The maximum absolute atomic E-state index is 12.0. The number of nitrogens with one attached hydrogen (secondary N) is 1. The van der Waals surface area contributed by atoms with Gasteiger partial charge in [-0.05, 0) is 49.5 Å². The van der Waals surface area contributed by atoms with E-state index >= 15 is 0 Å². The van der Waals surface area contributed by atoms with Crippen LogP contribution in [-0.2, 0) is 4.79 Å². The van der Waals surface area contributed by atoms with Crippen molar-refractivity contribution < 1.29 is 9.59 Å². The molecule has 2 rings (SSSR count). The lowest BCUT2D eigenvalue weighted by atomic mass is 10.1. The number of benzene rings is 1. The molecule has 4 heteroatoms. The predicted octanol–water partition coefficient (Wildman–Crippen LogP) is 3.02. The lowest BCUT2D eigenvalue weighted by Crippen LogP contribution is -2.25. The highest BCUT2D eigenvalue weighted by Crippen LogP contribution is 2.19. The van der Waals surface area contributed by atoms with Gasteiger partial charge in [-0.3, -0.25) is 9.59 Å². The summed E-state index contributed by atoms with van der Waals surface area (Å²) in [6.07, 6.45) is 9.18. The van der Waals surface area contributed by atoms with Gasteiger partial charge in [-0.2, -0.15) is 0 Å². The van der Waals surface area contributed by atoms with E-state index in [2.05, 4.69) is 11.9 Å². The Labute approximate surface area is 137 Å². The predicted molar refractivity (Wildman–Crippen MR) is 93.0 cm³/mol. The van der Waals surface area contributed by atoms with E-state index in [0.29, 0.717) is 11.6 Å². The van der Waals surface area contributed by atoms with Crippen molar-refractivity contribution in [3.8, 4) is 0 Å². The summed E-state index contributed by atoms with van der Waals surface area (Å²) in [5.74, 6) is -0.0503. The first kappa shape index (κ1) is 17.0. The van der Waals surface area contributed by atoms with E-state index in [-0.39, 0.29) is 11.8 Å². The first-order valence-corrected chi connectivity index (χ1v) is 8.05. The number of allylic oxidation sites excluding steroid dienone is 1. The second-order valence-electron chi connectivity index (χ2n) is 5.89. The Kier molecular flexibility index (Phi) is 6.15. The van der Waals surface area contributed by atoms with Crippen LogP contribution in [0, 0.1) is 0 Å². The molecule has 0 atom stereocenters. The fourth-order valence-corrected chi connectivity index (χ4v) is 2.12. The third kappa shape index (κ3) is 5.74. The second kappa shape index (κ2) is 8.32. The average molecular weight is 312 g/mol. The van der Waals surface area contributed by atoms with Gasteiger partial charge in [-0.15, -0.1) is 6.58 Å². The molecule has 1 aliphatic carbocycles. The highest BCUT2D eigenvalue weighted by Gasteiger charge is 2.23. The van der Waals surface area contributed by atoms with Crippen molar-refractivity contribution in [3.63, 3.8) is 0 Å². The van der Waals surface area contributed by atoms with E-state index in [4.69, 9.17) is 0 Å². The number of hydrogen-bond donors (Lipinski definition) is 1. The van der Waals surface area contributed by atoms with Crippen LogP contribution >= 0.6 is 0 Å². The van der Waals surface area contributed by atoms with E-state index in [1.54, 1.807) is 36.2 Å². The van der Waals surface area contributed by atoms with Crippen molar-refractivity contribution in [2.45, 2.75) is 31.7 Å². The zero-order chi connectivity index (χ0) is 16.7. The Morgan fingerprint density at radius 3 is 2.61 bits per heavy atom. The number of carbonyl (C=O) groups excluding carboxylic acids is 2. The molecular weight excluding hydrogens is 288 g/mol. The molecule has 0 aromatic heterocycles. The zero-order valence-corrected chi connectivity index (χ0v) is 13.6. The fourth-order valence-electron chi connectivity index (χ4n) is 2.12. The van der Waals surface area contributed by atoms with Crippen LogP contribution in [0.5, 0.6) is 0 Å². The molecule has 1 aromatic carbocycles. The van der Waals surface area contributed by atoms with Crippen LogP contribution < -0.4 is 5.32 Å². The number of nitrogens with zero attached hydrogens (tertiary/aromatic N) is 1. The molecule has 0 radical (unpaired) electrons. The normalized spacial score (nSPS) is 13.8. The molecule has 1 aliphatic rings. The molecule has 0 aliphatic heterocycles. The molecule has 122 valence electrons. The first-order chi connectivity index (χ1) is 11.1. The summed E-state index contributed by atoms with van der Waals surface area (Å²) >= 11 is 0. The number of unbranched alkanes of at least 4 members (excludes halogenated alkanes) is 1. The smallest absolute Gasteiger partial charge is 0.251 e. The largest absolute Gasteiger partial charge is 0.349 e. The quantitative estimate of drug-likeness (QED) is 0.456. The maximum Gasteiger partial charge on any atom is 0.251 e. The standard InChI is InChI=1S/C19H24N2O2/c1-3-4-5-14-21(2)18(22)13-8-15-6-9-16(10-7-15)19(23)20-17-11-12-17/h3,6-10,13,17H,1,4-5,11-12,14H2,2H3,(H,20,23)/b13-8-. The molecule has 2 amide bonds. The van der Waals surface area contributed by atoms with Gasteiger partial charge < -0.3 is 10.2 Å². The van der Waals surface area contributed by atoms with Crippen molar-refractivity contribution in [1.82, 2.24) is 10.2 Å². The van der Waals surface area contributed by atoms with Crippen molar-refractivity contribution >= 4 is 17.9 Å². The number of rotatable bonds is 8. The molecule has 1 N–H and O–H groups in total. The minimum atomic E-state index is -0.0268. The van der Waals surface area contributed by atoms with Crippen LogP contribution in [0.2, 0.25) is 0 Å². The van der Waals surface area contributed by atoms with E-state index in [0.717, 1.165) is 37.8 Å². The Hall–Kier alpha value is -2.36. The SMILES string of the molecule is C=CCCCN(C)C(=O)/C=C\c1ccc(C(=O)NC2CC2)cc1. The van der Waals surface area contributed by atoms with Crippen LogP contribution in [0.25, 0.3) is 6.08 Å². The van der Waals surface area contributed by atoms with Crippen LogP contribution in [0.15, 0.2) is 43.0 Å². The van der Waals surface area contributed by atoms with E-state index in [1.807, 2.05) is 18.2 Å². The summed E-state index contributed by atoms with van der Waals surface area (Å²) < 4.78 is 0. The highest BCUT2D eigenvalue weighted by molar-refractivity contribution is 5.95. The fraction of sp³-hybridized carbons (Fsp3) is 0.368. The molecule has 1 fully saturated rings. The molecule has 0 saturated heterocycles. The molecule has 0 heterocycles. The first-order valence-electron chi connectivity index (χ1n) is 8.05. The molecule has 23 heavy (non-hydrogen) atoms. The maximum atomic E-state index is 12.0. The van der Waals surface area contributed by atoms with E-state index in [1.165, 1.54) is 0 Å². The van der Waals surface area contributed by atoms with Crippen molar-refractivity contribution in [3.05, 3.63) is 54.1 Å². The summed E-state index contributed by atoms with van der Waals surface area (Å²) in [6.45, 7) is 4.39. The number of likely N-dealkylation sites (N-methyl/N-ethyl adjacent to an activating group) is 1. The van der Waals surface area contributed by atoms with E-state index < -0.39 is 0 Å². The lowest BCUT2D eigenvalue weighted by molar-refractivity contribution is -0.124. The van der Waals surface area contributed by atoms with Crippen LogP contribution in [0.4, 0.5) is 0 Å². The average Bonchev–Trinajstić information content (AvgIpc) is 3.37. The summed E-state index contributed by atoms with van der Waals surface area (Å²) in [4.78, 5) is 25.5. The Morgan fingerprint density at radius 2 is 2.00 bits per heavy atom. The third-order valence-electron chi connectivity index (χ3n) is 3.78. The second-order valence-corrected chi connectivity index (χ2v) is 5.89. The summed E-state index contributed by atoms with van der Waals surface area (Å²) in [5.41, 5.74) is 1.56. The van der Waals surface area contributed by atoms with Gasteiger partial charge in [0.05, 0.1) is 0 Å². The molecule has 0 unspecified atom stereocenters.